The predicted octanol–water partition coefficient (Wildman–Crippen LogP) is 2.87. The minimum Gasteiger partial charge on any atom is -0.493 e. The molecule has 122 valence electrons. The number of nitrogens with two attached hydrogens (primary N) is 1. The summed E-state index contributed by atoms with van der Waals surface area (Å²) < 4.78 is 27.1. The van der Waals surface area contributed by atoms with Gasteiger partial charge in [0.25, 0.3) is 0 Å². The summed E-state index contributed by atoms with van der Waals surface area (Å²) >= 11 is 0. The molecule has 24 heavy (non-hydrogen) atoms. The highest BCUT2D eigenvalue weighted by Crippen LogP contribution is 2.31. The van der Waals surface area contributed by atoms with Crippen LogP contribution in [0.2, 0.25) is 0 Å². The summed E-state index contributed by atoms with van der Waals surface area (Å²) in [7, 11) is 0. The molecule has 0 spiro atoms. The van der Waals surface area contributed by atoms with Crippen LogP contribution in [-0.2, 0) is 6.42 Å². The quantitative estimate of drug-likeness (QED) is 0.510. The summed E-state index contributed by atoms with van der Waals surface area (Å²) in [4.78, 5) is 0. The molecule has 0 amide bonds. The molecule has 0 aliphatic heterocycles. The average molecular weight is 328 g/mol. The third-order valence-corrected chi connectivity index (χ3v) is 3.60. The Labute approximate surface area is 136 Å². The predicted molar refractivity (Wildman–Crippen MR) is 85.8 cm³/mol. The summed E-state index contributed by atoms with van der Waals surface area (Å²) in [6, 6.07) is 11.4. The number of aromatic hydroxyl groups is 1. The van der Waals surface area contributed by atoms with Gasteiger partial charge < -0.3 is 10.8 Å². The lowest BCUT2D eigenvalue weighted by atomic mass is 10.0. The van der Waals surface area contributed by atoms with Crippen molar-refractivity contribution in [3.05, 3.63) is 71.3 Å². The molecule has 3 rings (SSSR count). The summed E-state index contributed by atoms with van der Waals surface area (Å²) in [6.07, 6.45) is 0.256. The molecule has 4 N–H and O–H groups in total. The average Bonchev–Trinajstić information content (AvgIpc) is 2.88. The summed E-state index contributed by atoms with van der Waals surface area (Å²) in [5.74, 6) is -1.47. The number of halogens is 2. The fraction of sp³-hybridized carbons (Fsp3) is 0.0588. The minimum atomic E-state index is -0.443. The first kappa shape index (κ1) is 15.7. The molecule has 5 nitrogen and oxygen atoms in total. The van der Waals surface area contributed by atoms with E-state index in [1.807, 2.05) is 0 Å². The zero-order chi connectivity index (χ0) is 17.3. The van der Waals surface area contributed by atoms with Gasteiger partial charge in [0.05, 0.1) is 0 Å². The van der Waals surface area contributed by atoms with E-state index >= 15 is 0 Å². The van der Waals surface area contributed by atoms with Gasteiger partial charge in [0.2, 0.25) is 11.8 Å². The SMILES string of the molecule is N=C(N)n1nc(-c2ccc(F)cc2)c(Cc2ccc(F)cc2)c1O. The van der Waals surface area contributed by atoms with Crippen LogP contribution in [0.15, 0.2) is 48.5 Å². The Morgan fingerprint density at radius 1 is 1.04 bits per heavy atom. The van der Waals surface area contributed by atoms with Gasteiger partial charge in [-0.1, -0.05) is 12.1 Å². The fourth-order valence-electron chi connectivity index (χ4n) is 2.42. The Bertz CT molecular complexity index is 886. The molecule has 0 saturated carbocycles. The van der Waals surface area contributed by atoms with Crippen LogP contribution < -0.4 is 5.73 Å². The van der Waals surface area contributed by atoms with Gasteiger partial charge in [-0.25, -0.2) is 8.78 Å². The van der Waals surface area contributed by atoms with E-state index in [9.17, 15) is 13.9 Å². The smallest absolute Gasteiger partial charge is 0.221 e. The lowest BCUT2D eigenvalue weighted by Crippen LogP contribution is -2.21. The van der Waals surface area contributed by atoms with Crippen molar-refractivity contribution in [1.29, 1.82) is 5.41 Å². The number of nitrogens with zero attached hydrogens (tertiary/aromatic N) is 2. The Morgan fingerprint density at radius 2 is 1.58 bits per heavy atom. The van der Waals surface area contributed by atoms with Gasteiger partial charge in [-0.15, -0.1) is 0 Å². The van der Waals surface area contributed by atoms with E-state index in [2.05, 4.69) is 5.10 Å². The molecule has 7 heteroatoms. The topological polar surface area (TPSA) is 87.9 Å². The van der Waals surface area contributed by atoms with E-state index < -0.39 is 11.8 Å². The van der Waals surface area contributed by atoms with Crippen LogP contribution in [0.1, 0.15) is 11.1 Å². The van der Waals surface area contributed by atoms with Gasteiger partial charge in [-0.3, -0.25) is 5.41 Å². The second kappa shape index (κ2) is 6.11. The lowest BCUT2D eigenvalue weighted by molar-refractivity contribution is 0.433. The van der Waals surface area contributed by atoms with Gasteiger partial charge >= 0.3 is 0 Å². The van der Waals surface area contributed by atoms with Crippen LogP contribution >= 0.6 is 0 Å². The fourth-order valence-corrected chi connectivity index (χ4v) is 2.42. The van der Waals surface area contributed by atoms with Crippen LogP contribution in [0.3, 0.4) is 0 Å². The van der Waals surface area contributed by atoms with E-state index in [-0.39, 0.29) is 18.1 Å². The molecule has 0 aliphatic rings. The Hall–Kier alpha value is -3.22. The molecule has 1 aromatic heterocycles. The molecule has 0 fully saturated rings. The van der Waals surface area contributed by atoms with E-state index in [1.54, 1.807) is 12.1 Å². The molecule has 2 aromatic carbocycles. The standard InChI is InChI=1S/C17H14F2N4O/c18-12-5-1-10(2-6-12)9-14-15(11-3-7-13(19)8-4-11)22-23(16(14)24)17(20)21/h1-8,24H,9H2,(H3,20,21). The van der Waals surface area contributed by atoms with Crippen molar-refractivity contribution >= 4 is 5.96 Å². The number of hydrogen-bond acceptors (Lipinski definition) is 3. The van der Waals surface area contributed by atoms with E-state index in [4.69, 9.17) is 11.1 Å². The van der Waals surface area contributed by atoms with Crippen molar-refractivity contribution < 1.29 is 13.9 Å². The Balaban J connectivity index is 2.10. The number of nitrogen functional groups attached to an aromatic ring is 1. The number of aromatic nitrogens is 2. The van der Waals surface area contributed by atoms with Crippen LogP contribution in [0, 0.1) is 17.0 Å². The zero-order valence-corrected chi connectivity index (χ0v) is 12.5. The number of hydrogen-bond donors (Lipinski definition) is 3. The number of rotatable bonds is 3. The van der Waals surface area contributed by atoms with Gasteiger partial charge in [-0.05, 0) is 42.0 Å². The van der Waals surface area contributed by atoms with Crippen molar-refractivity contribution in [3.63, 3.8) is 0 Å². The third-order valence-electron chi connectivity index (χ3n) is 3.60. The minimum absolute atomic E-state index is 0.256. The zero-order valence-electron chi connectivity index (χ0n) is 12.5. The van der Waals surface area contributed by atoms with Crippen LogP contribution in [-0.4, -0.2) is 20.8 Å². The largest absolute Gasteiger partial charge is 0.493 e. The van der Waals surface area contributed by atoms with E-state index in [1.165, 1.54) is 36.4 Å². The van der Waals surface area contributed by atoms with Crippen LogP contribution in [0.5, 0.6) is 5.88 Å². The molecular weight excluding hydrogens is 314 g/mol. The number of benzene rings is 2. The van der Waals surface area contributed by atoms with Crippen molar-refractivity contribution in [2.75, 3.05) is 0 Å². The number of nitrogens with one attached hydrogen (secondary N) is 1. The first-order chi connectivity index (χ1) is 11.5. The van der Waals surface area contributed by atoms with Gasteiger partial charge in [-0.2, -0.15) is 9.78 Å². The molecule has 1 heterocycles. The van der Waals surface area contributed by atoms with Crippen LogP contribution in [0.25, 0.3) is 11.3 Å². The highest BCUT2D eigenvalue weighted by Gasteiger charge is 2.20. The molecule has 0 bridgehead atoms. The van der Waals surface area contributed by atoms with Crippen LogP contribution in [0.4, 0.5) is 8.78 Å². The maximum Gasteiger partial charge on any atom is 0.221 e. The molecule has 3 aromatic rings. The van der Waals surface area contributed by atoms with Crippen molar-refractivity contribution in [1.82, 2.24) is 9.78 Å². The highest BCUT2D eigenvalue weighted by molar-refractivity contribution is 5.80. The Kier molecular flexibility index (Phi) is 3.99. The molecule has 0 aliphatic carbocycles. The molecule has 0 atom stereocenters. The van der Waals surface area contributed by atoms with Gasteiger partial charge in [0.15, 0.2) is 0 Å². The van der Waals surface area contributed by atoms with Crippen molar-refractivity contribution in [3.8, 4) is 17.1 Å². The second-order valence-corrected chi connectivity index (χ2v) is 5.26. The maximum absolute atomic E-state index is 13.1. The van der Waals surface area contributed by atoms with Gasteiger partial charge in [0.1, 0.15) is 17.3 Å². The van der Waals surface area contributed by atoms with Crippen molar-refractivity contribution in [2.45, 2.75) is 6.42 Å². The first-order valence-electron chi connectivity index (χ1n) is 7.11. The summed E-state index contributed by atoms with van der Waals surface area (Å²) in [5, 5.41) is 22.0. The third kappa shape index (κ3) is 2.96. The maximum atomic E-state index is 13.1. The molecule has 0 unspecified atom stereocenters. The normalized spacial score (nSPS) is 10.8. The lowest BCUT2D eigenvalue weighted by Gasteiger charge is -2.04. The molecular formula is C17H14F2N4O. The van der Waals surface area contributed by atoms with E-state index in [0.717, 1.165) is 10.2 Å². The highest BCUT2D eigenvalue weighted by atomic mass is 19.1. The first-order valence-corrected chi connectivity index (χ1v) is 7.11. The summed E-state index contributed by atoms with van der Waals surface area (Å²) in [5.41, 5.74) is 7.55. The van der Waals surface area contributed by atoms with E-state index in [0.29, 0.717) is 16.8 Å². The molecule has 0 radical (unpaired) electrons. The van der Waals surface area contributed by atoms with Crippen molar-refractivity contribution in [2.24, 2.45) is 5.73 Å². The second-order valence-electron chi connectivity index (χ2n) is 5.26. The Morgan fingerprint density at radius 3 is 2.12 bits per heavy atom. The summed E-state index contributed by atoms with van der Waals surface area (Å²) in [6.45, 7) is 0. The monoisotopic (exact) mass is 328 g/mol. The molecule has 0 saturated heterocycles. The van der Waals surface area contributed by atoms with Gasteiger partial charge in [0, 0.05) is 17.5 Å².